The molecule has 0 aliphatic carbocycles. The number of hydrogen-bond acceptors (Lipinski definition) is 5. The maximum Gasteiger partial charge on any atom is 0.243 e. The number of hydrogen-bond donors (Lipinski definition) is 0. The minimum atomic E-state index is -3.32. The molecular weight excluding hydrogens is 284 g/mol. The third kappa shape index (κ3) is 3.23. The van der Waals surface area contributed by atoms with E-state index in [1.54, 1.807) is 20.8 Å². The van der Waals surface area contributed by atoms with Crippen LogP contribution in [0.15, 0.2) is 0 Å². The van der Waals surface area contributed by atoms with E-state index in [9.17, 15) is 18.5 Å². The molecule has 1 fully saturated rings. The van der Waals surface area contributed by atoms with Gasteiger partial charge in [-0.2, -0.15) is 17.0 Å². The summed E-state index contributed by atoms with van der Waals surface area (Å²) in [4.78, 5) is 13.9. The zero-order valence-electron chi connectivity index (χ0n) is 11.5. The van der Waals surface area contributed by atoms with Crippen molar-refractivity contribution in [3.05, 3.63) is 0 Å². The Hall–Kier alpha value is -0.740. The number of nitriles is 1. The lowest BCUT2D eigenvalue weighted by atomic mass is 9.87. The van der Waals surface area contributed by atoms with Crippen LogP contribution in [0.3, 0.4) is 0 Å². The summed E-state index contributed by atoms with van der Waals surface area (Å²) in [7, 11) is -3.32. The van der Waals surface area contributed by atoms with E-state index in [2.05, 4.69) is 0 Å². The lowest BCUT2D eigenvalue weighted by Gasteiger charge is -2.38. The molecule has 0 aromatic rings. The van der Waals surface area contributed by atoms with E-state index in [1.807, 2.05) is 6.07 Å². The van der Waals surface area contributed by atoms with E-state index in [0.29, 0.717) is 24.5 Å². The Morgan fingerprint density at radius 1 is 1.53 bits per heavy atom. The van der Waals surface area contributed by atoms with Crippen LogP contribution >= 0.6 is 11.8 Å². The molecule has 0 aromatic heterocycles. The van der Waals surface area contributed by atoms with Gasteiger partial charge in [-0.25, -0.2) is 8.42 Å². The molecule has 19 heavy (non-hydrogen) atoms. The first kappa shape index (κ1) is 16.3. The van der Waals surface area contributed by atoms with Crippen LogP contribution in [0, 0.1) is 16.7 Å². The van der Waals surface area contributed by atoms with E-state index in [0.717, 1.165) is 0 Å². The summed E-state index contributed by atoms with van der Waals surface area (Å²) in [6, 6.07) is 2.02. The molecule has 0 bridgehead atoms. The fraction of sp³-hybridized carbons (Fsp3) is 0.833. The van der Waals surface area contributed by atoms with E-state index in [4.69, 9.17) is 0 Å². The SMILES string of the molecule is CCC(C)(C#N)C(=O)N1CCSCC1S(=O)(=O)CC. The predicted octanol–water partition coefficient (Wildman–Crippen LogP) is 1.26. The van der Waals surface area contributed by atoms with Gasteiger partial charge in [0.05, 0.1) is 6.07 Å². The molecule has 0 saturated carbocycles. The molecule has 0 aromatic carbocycles. The highest BCUT2D eigenvalue weighted by molar-refractivity contribution is 8.01. The lowest BCUT2D eigenvalue weighted by Crippen LogP contribution is -2.54. The average molecular weight is 304 g/mol. The molecule has 0 radical (unpaired) electrons. The fourth-order valence-corrected chi connectivity index (χ4v) is 4.86. The van der Waals surface area contributed by atoms with Gasteiger partial charge in [0, 0.05) is 23.8 Å². The quantitative estimate of drug-likeness (QED) is 0.781. The summed E-state index contributed by atoms with van der Waals surface area (Å²) in [6.45, 7) is 5.32. The second-order valence-electron chi connectivity index (χ2n) is 4.78. The summed E-state index contributed by atoms with van der Waals surface area (Å²) < 4.78 is 24.2. The smallest absolute Gasteiger partial charge is 0.243 e. The number of rotatable bonds is 4. The number of carbonyl (C=O) groups excluding carboxylic acids is 1. The molecule has 108 valence electrons. The van der Waals surface area contributed by atoms with Crippen molar-refractivity contribution < 1.29 is 13.2 Å². The highest BCUT2D eigenvalue weighted by Crippen LogP contribution is 2.29. The molecule has 1 aliphatic heterocycles. The van der Waals surface area contributed by atoms with Crippen molar-refractivity contribution >= 4 is 27.5 Å². The molecule has 7 heteroatoms. The third-order valence-corrected chi connectivity index (χ3v) is 6.88. The average Bonchev–Trinajstić information content (AvgIpc) is 2.45. The first-order valence-electron chi connectivity index (χ1n) is 6.34. The number of thioether (sulfide) groups is 1. The Labute approximate surface area is 119 Å². The van der Waals surface area contributed by atoms with Crippen LogP contribution in [0.25, 0.3) is 0 Å². The fourth-order valence-electron chi connectivity index (χ4n) is 1.90. The molecule has 1 saturated heterocycles. The second kappa shape index (κ2) is 6.14. The van der Waals surface area contributed by atoms with Gasteiger partial charge in [-0.05, 0) is 13.3 Å². The molecule has 1 aliphatic rings. The van der Waals surface area contributed by atoms with Crippen molar-refractivity contribution in [1.82, 2.24) is 4.90 Å². The van der Waals surface area contributed by atoms with Crippen LogP contribution in [0.5, 0.6) is 0 Å². The normalized spacial score (nSPS) is 23.5. The molecule has 0 spiro atoms. The summed E-state index contributed by atoms with van der Waals surface area (Å²) >= 11 is 1.54. The van der Waals surface area contributed by atoms with Crippen molar-refractivity contribution in [3.8, 4) is 6.07 Å². The standard InChI is InChI=1S/C12H20N2O3S2/c1-4-12(3,9-13)11(15)14-6-7-18-8-10(14)19(16,17)5-2/h10H,4-8H2,1-3H3. The van der Waals surface area contributed by atoms with E-state index in [-0.39, 0.29) is 11.7 Å². The Kier molecular flexibility index (Phi) is 5.27. The Morgan fingerprint density at radius 3 is 2.63 bits per heavy atom. The largest absolute Gasteiger partial charge is 0.323 e. The molecule has 1 amide bonds. The van der Waals surface area contributed by atoms with Gasteiger partial charge in [-0.1, -0.05) is 13.8 Å². The lowest BCUT2D eigenvalue weighted by molar-refractivity contribution is -0.138. The number of nitrogens with zero attached hydrogens (tertiary/aromatic N) is 2. The van der Waals surface area contributed by atoms with E-state index < -0.39 is 20.6 Å². The maximum atomic E-state index is 12.5. The molecule has 0 N–H and O–H groups in total. The van der Waals surface area contributed by atoms with Crippen LogP contribution in [0.1, 0.15) is 27.2 Å². The highest BCUT2D eigenvalue weighted by Gasteiger charge is 2.42. The van der Waals surface area contributed by atoms with E-state index >= 15 is 0 Å². The van der Waals surface area contributed by atoms with Crippen molar-refractivity contribution in [2.45, 2.75) is 32.6 Å². The van der Waals surface area contributed by atoms with Gasteiger partial charge in [0.25, 0.3) is 0 Å². The minimum absolute atomic E-state index is 0.0113. The Balaban J connectivity index is 3.09. The van der Waals surface area contributed by atoms with Gasteiger partial charge < -0.3 is 4.90 Å². The van der Waals surface area contributed by atoms with Gasteiger partial charge in [0.15, 0.2) is 9.84 Å². The number of sulfone groups is 1. The third-order valence-electron chi connectivity index (χ3n) is 3.59. The van der Waals surface area contributed by atoms with Crippen LogP contribution < -0.4 is 0 Å². The Bertz CT molecular complexity index is 484. The zero-order valence-corrected chi connectivity index (χ0v) is 13.2. The topological polar surface area (TPSA) is 78.2 Å². The molecule has 2 unspecified atom stereocenters. The summed E-state index contributed by atoms with van der Waals surface area (Å²) in [6.07, 6.45) is 0.380. The summed E-state index contributed by atoms with van der Waals surface area (Å²) in [5.74, 6) is 0.761. The van der Waals surface area contributed by atoms with E-state index in [1.165, 1.54) is 16.7 Å². The van der Waals surface area contributed by atoms with Gasteiger partial charge in [0.2, 0.25) is 5.91 Å². The van der Waals surface area contributed by atoms with Crippen molar-refractivity contribution in [1.29, 1.82) is 5.26 Å². The minimum Gasteiger partial charge on any atom is -0.323 e. The number of carbonyl (C=O) groups is 1. The zero-order chi connectivity index (χ0) is 14.7. The van der Waals surface area contributed by atoms with Crippen LogP contribution in [0.2, 0.25) is 0 Å². The van der Waals surface area contributed by atoms with Crippen LogP contribution in [-0.2, 0) is 14.6 Å². The second-order valence-corrected chi connectivity index (χ2v) is 8.37. The van der Waals surface area contributed by atoms with Crippen molar-refractivity contribution in [3.63, 3.8) is 0 Å². The van der Waals surface area contributed by atoms with Crippen molar-refractivity contribution in [2.75, 3.05) is 23.8 Å². The molecule has 2 atom stereocenters. The van der Waals surface area contributed by atoms with Crippen LogP contribution in [0.4, 0.5) is 0 Å². The van der Waals surface area contributed by atoms with Gasteiger partial charge >= 0.3 is 0 Å². The van der Waals surface area contributed by atoms with Gasteiger partial charge in [-0.3, -0.25) is 4.79 Å². The molecular formula is C12H20N2O3S2. The van der Waals surface area contributed by atoms with Crippen LogP contribution in [-0.4, -0.2) is 48.4 Å². The monoisotopic (exact) mass is 304 g/mol. The summed E-state index contributed by atoms with van der Waals surface area (Å²) in [5, 5.41) is 8.39. The predicted molar refractivity (Wildman–Crippen MR) is 76.3 cm³/mol. The highest BCUT2D eigenvalue weighted by atomic mass is 32.2. The van der Waals surface area contributed by atoms with Gasteiger partial charge in [-0.15, -0.1) is 0 Å². The maximum absolute atomic E-state index is 12.5. The first-order valence-corrected chi connectivity index (χ1v) is 9.21. The van der Waals surface area contributed by atoms with Gasteiger partial charge in [0.1, 0.15) is 10.8 Å². The first-order chi connectivity index (χ1) is 8.82. The molecule has 1 heterocycles. The molecule has 5 nitrogen and oxygen atoms in total. The summed E-state index contributed by atoms with van der Waals surface area (Å²) in [5.41, 5.74) is -1.14. The Morgan fingerprint density at radius 2 is 2.16 bits per heavy atom. The van der Waals surface area contributed by atoms with Crippen molar-refractivity contribution in [2.24, 2.45) is 5.41 Å². The molecule has 1 rings (SSSR count). The number of amides is 1.